The Kier molecular flexibility index (Phi) is 4.81. The first-order valence-electron chi connectivity index (χ1n) is 6.40. The van der Waals surface area contributed by atoms with Gasteiger partial charge in [-0.2, -0.15) is 0 Å². The molecule has 0 aliphatic carbocycles. The molecule has 0 aliphatic heterocycles. The van der Waals surface area contributed by atoms with Crippen LogP contribution in [0.15, 0.2) is 48.5 Å². The first-order valence-corrected chi connectivity index (χ1v) is 6.40. The van der Waals surface area contributed by atoms with Gasteiger partial charge in [0.2, 0.25) is 0 Å². The first-order chi connectivity index (χ1) is 9.29. The van der Waals surface area contributed by atoms with E-state index in [1.54, 1.807) is 0 Å². The van der Waals surface area contributed by atoms with Gasteiger partial charge in [0.05, 0.1) is 0 Å². The lowest BCUT2D eigenvalue weighted by molar-refractivity contribution is 0.217. The third kappa shape index (κ3) is 4.00. The summed E-state index contributed by atoms with van der Waals surface area (Å²) in [5.41, 5.74) is 7.93. The molecule has 0 saturated heterocycles. The van der Waals surface area contributed by atoms with Crippen molar-refractivity contribution in [2.24, 2.45) is 5.73 Å². The molecule has 0 unspecified atom stereocenters. The van der Waals surface area contributed by atoms with E-state index in [2.05, 4.69) is 0 Å². The van der Waals surface area contributed by atoms with Crippen LogP contribution in [-0.2, 0) is 6.54 Å². The molecule has 19 heavy (non-hydrogen) atoms. The Labute approximate surface area is 114 Å². The van der Waals surface area contributed by atoms with Gasteiger partial charge in [0.1, 0.15) is 24.7 Å². The SMILES string of the molecule is Cc1cc(OCCOc2ccccc2)ccc1CN. The molecule has 0 saturated carbocycles. The van der Waals surface area contributed by atoms with Crippen LogP contribution in [-0.4, -0.2) is 13.2 Å². The lowest BCUT2D eigenvalue weighted by Gasteiger charge is -2.10. The summed E-state index contributed by atoms with van der Waals surface area (Å²) in [7, 11) is 0. The summed E-state index contributed by atoms with van der Waals surface area (Å²) in [4.78, 5) is 0. The fourth-order valence-electron chi connectivity index (χ4n) is 1.82. The topological polar surface area (TPSA) is 44.5 Å². The quantitative estimate of drug-likeness (QED) is 0.809. The molecular formula is C16H19NO2. The van der Waals surface area contributed by atoms with Gasteiger partial charge in [-0.25, -0.2) is 0 Å². The first kappa shape index (κ1) is 13.4. The maximum atomic E-state index is 5.64. The second kappa shape index (κ2) is 6.81. The van der Waals surface area contributed by atoms with Crippen LogP contribution < -0.4 is 15.2 Å². The Morgan fingerprint density at radius 3 is 2.21 bits per heavy atom. The van der Waals surface area contributed by atoms with Gasteiger partial charge in [0.25, 0.3) is 0 Å². The van der Waals surface area contributed by atoms with Crippen molar-refractivity contribution < 1.29 is 9.47 Å². The summed E-state index contributed by atoms with van der Waals surface area (Å²) in [6, 6.07) is 15.7. The van der Waals surface area contributed by atoms with Gasteiger partial charge in [0, 0.05) is 6.54 Å². The van der Waals surface area contributed by atoms with Crippen molar-refractivity contribution in [2.75, 3.05) is 13.2 Å². The summed E-state index contributed by atoms with van der Waals surface area (Å²) in [5.74, 6) is 1.71. The van der Waals surface area contributed by atoms with Crippen molar-refractivity contribution in [3.05, 3.63) is 59.7 Å². The molecule has 2 N–H and O–H groups in total. The maximum absolute atomic E-state index is 5.64. The summed E-state index contributed by atoms with van der Waals surface area (Å²) < 4.78 is 11.2. The monoisotopic (exact) mass is 257 g/mol. The van der Waals surface area contributed by atoms with Crippen molar-refractivity contribution >= 4 is 0 Å². The van der Waals surface area contributed by atoms with Crippen LogP contribution in [0, 0.1) is 6.92 Å². The Morgan fingerprint density at radius 2 is 1.58 bits per heavy atom. The number of aryl methyl sites for hydroxylation is 1. The van der Waals surface area contributed by atoms with Gasteiger partial charge in [-0.3, -0.25) is 0 Å². The number of para-hydroxylation sites is 1. The molecule has 3 heteroatoms. The van der Waals surface area contributed by atoms with E-state index in [0.29, 0.717) is 19.8 Å². The Hall–Kier alpha value is -2.00. The van der Waals surface area contributed by atoms with Gasteiger partial charge < -0.3 is 15.2 Å². The highest BCUT2D eigenvalue weighted by molar-refractivity contribution is 5.34. The highest BCUT2D eigenvalue weighted by Crippen LogP contribution is 2.17. The number of benzene rings is 2. The van der Waals surface area contributed by atoms with Crippen molar-refractivity contribution in [2.45, 2.75) is 13.5 Å². The third-order valence-corrected chi connectivity index (χ3v) is 2.90. The zero-order chi connectivity index (χ0) is 13.5. The molecule has 3 nitrogen and oxygen atoms in total. The molecule has 2 rings (SSSR count). The highest BCUT2D eigenvalue weighted by atomic mass is 16.5. The largest absolute Gasteiger partial charge is 0.490 e. The smallest absolute Gasteiger partial charge is 0.122 e. The minimum absolute atomic E-state index is 0.524. The van der Waals surface area contributed by atoms with E-state index >= 15 is 0 Å². The molecule has 0 bridgehead atoms. The molecule has 0 heterocycles. The molecule has 0 spiro atoms. The molecule has 2 aromatic rings. The lowest BCUT2D eigenvalue weighted by atomic mass is 10.1. The van der Waals surface area contributed by atoms with Crippen molar-refractivity contribution in [3.63, 3.8) is 0 Å². The number of rotatable bonds is 6. The van der Waals surface area contributed by atoms with Crippen LogP contribution in [0.2, 0.25) is 0 Å². The van der Waals surface area contributed by atoms with Crippen LogP contribution in [0.25, 0.3) is 0 Å². The van der Waals surface area contributed by atoms with Crippen molar-refractivity contribution in [1.29, 1.82) is 0 Å². The minimum Gasteiger partial charge on any atom is -0.490 e. The molecule has 0 radical (unpaired) electrons. The second-order valence-corrected chi connectivity index (χ2v) is 4.30. The molecule has 100 valence electrons. The molecule has 0 amide bonds. The number of nitrogens with two attached hydrogens (primary N) is 1. The van der Waals surface area contributed by atoms with Gasteiger partial charge >= 0.3 is 0 Å². The number of ether oxygens (including phenoxy) is 2. The highest BCUT2D eigenvalue weighted by Gasteiger charge is 1.99. The Morgan fingerprint density at radius 1 is 0.895 bits per heavy atom. The fourth-order valence-corrected chi connectivity index (χ4v) is 1.82. The molecule has 0 atom stereocenters. The molecule has 0 fully saturated rings. The number of hydrogen-bond donors (Lipinski definition) is 1. The standard InChI is InChI=1S/C16H19NO2/c1-13-11-16(8-7-14(13)12-17)19-10-9-18-15-5-3-2-4-6-15/h2-8,11H,9-10,12,17H2,1H3. The van der Waals surface area contributed by atoms with E-state index in [0.717, 1.165) is 22.6 Å². The van der Waals surface area contributed by atoms with Gasteiger partial charge in [-0.15, -0.1) is 0 Å². The average Bonchev–Trinajstić information content (AvgIpc) is 2.45. The van der Waals surface area contributed by atoms with E-state index < -0.39 is 0 Å². The maximum Gasteiger partial charge on any atom is 0.122 e. The second-order valence-electron chi connectivity index (χ2n) is 4.30. The zero-order valence-electron chi connectivity index (χ0n) is 11.1. The van der Waals surface area contributed by atoms with E-state index in [9.17, 15) is 0 Å². The van der Waals surface area contributed by atoms with Crippen molar-refractivity contribution in [1.82, 2.24) is 0 Å². The minimum atomic E-state index is 0.524. The molecule has 2 aromatic carbocycles. The Balaban J connectivity index is 1.78. The van der Waals surface area contributed by atoms with Crippen LogP contribution in [0.5, 0.6) is 11.5 Å². The normalized spacial score (nSPS) is 10.2. The van der Waals surface area contributed by atoms with E-state index in [1.807, 2.05) is 55.5 Å². The molecule has 0 aliphatic rings. The lowest BCUT2D eigenvalue weighted by Crippen LogP contribution is -2.09. The van der Waals surface area contributed by atoms with Crippen LogP contribution in [0.1, 0.15) is 11.1 Å². The summed E-state index contributed by atoms with van der Waals surface area (Å²) in [6.45, 7) is 3.65. The van der Waals surface area contributed by atoms with Crippen molar-refractivity contribution in [3.8, 4) is 11.5 Å². The third-order valence-electron chi connectivity index (χ3n) is 2.90. The van der Waals surface area contributed by atoms with Gasteiger partial charge in [-0.1, -0.05) is 24.3 Å². The predicted octanol–water partition coefficient (Wildman–Crippen LogP) is 2.91. The summed E-state index contributed by atoms with van der Waals surface area (Å²) in [6.07, 6.45) is 0. The molecule has 0 aromatic heterocycles. The van der Waals surface area contributed by atoms with E-state index in [1.165, 1.54) is 0 Å². The van der Waals surface area contributed by atoms with Crippen LogP contribution in [0.3, 0.4) is 0 Å². The summed E-state index contributed by atoms with van der Waals surface area (Å²) in [5, 5.41) is 0. The Bertz CT molecular complexity index is 511. The van der Waals surface area contributed by atoms with E-state index in [-0.39, 0.29) is 0 Å². The zero-order valence-corrected chi connectivity index (χ0v) is 11.1. The fraction of sp³-hybridized carbons (Fsp3) is 0.250. The summed E-state index contributed by atoms with van der Waals surface area (Å²) >= 11 is 0. The van der Waals surface area contributed by atoms with Crippen LogP contribution in [0.4, 0.5) is 0 Å². The van der Waals surface area contributed by atoms with E-state index in [4.69, 9.17) is 15.2 Å². The average molecular weight is 257 g/mol. The number of hydrogen-bond acceptors (Lipinski definition) is 3. The predicted molar refractivity (Wildman–Crippen MR) is 76.5 cm³/mol. The van der Waals surface area contributed by atoms with Gasteiger partial charge in [-0.05, 0) is 42.3 Å². The van der Waals surface area contributed by atoms with Gasteiger partial charge in [0.15, 0.2) is 0 Å². The molecular weight excluding hydrogens is 238 g/mol. The van der Waals surface area contributed by atoms with Crippen LogP contribution >= 0.6 is 0 Å².